The smallest absolute Gasteiger partial charge is 0.222 e. The summed E-state index contributed by atoms with van der Waals surface area (Å²) in [5.74, 6) is 0.0568. The number of β-amino-alcohol motifs (C(OH)–C–C–N with tert-alkyl or cyclic N) is 1. The van der Waals surface area contributed by atoms with Crippen molar-refractivity contribution >= 4 is 22.6 Å². The minimum atomic E-state index is -0.914. The van der Waals surface area contributed by atoms with Gasteiger partial charge in [-0.25, -0.2) is 0 Å². The van der Waals surface area contributed by atoms with Gasteiger partial charge in [0.2, 0.25) is 5.91 Å². The van der Waals surface area contributed by atoms with Gasteiger partial charge in [0.05, 0.1) is 17.7 Å². The number of pyridine rings is 2. The molecule has 0 unspecified atom stereocenters. The number of aliphatic hydroxyl groups is 1. The number of aromatic nitrogens is 2. The molecule has 140 valence electrons. The zero-order chi connectivity index (χ0) is 18.6. The van der Waals surface area contributed by atoms with Crippen molar-refractivity contribution in [1.82, 2.24) is 14.9 Å². The summed E-state index contributed by atoms with van der Waals surface area (Å²) < 4.78 is 0. The van der Waals surface area contributed by atoms with Crippen LogP contribution in [0.3, 0.4) is 0 Å². The summed E-state index contributed by atoms with van der Waals surface area (Å²) >= 11 is 0. The van der Waals surface area contributed by atoms with E-state index in [9.17, 15) is 9.90 Å². The number of rotatable bonds is 7. The van der Waals surface area contributed by atoms with E-state index in [1.807, 2.05) is 18.2 Å². The van der Waals surface area contributed by atoms with Crippen molar-refractivity contribution in [2.24, 2.45) is 5.73 Å². The fourth-order valence-electron chi connectivity index (χ4n) is 3.55. The van der Waals surface area contributed by atoms with Crippen LogP contribution in [-0.2, 0) is 4.79 Å². The lowest BCUT2D eigenvalue weighted by molar-refractivity contribution is -0.132. The molecule has 0 spiro atoms. The summed E-state index contributed by atoms with van der Waals surface area (Å²) in [4.78, 5) is 24.8. The van der Waals surface area contributed by atoms with Crippen molar-refractivity contribution in [3.8, 4) is 0 Å². The molecule has 1 aliphatic heterocycles. The molecule has 1 atom stereocenters. The molecule has 26 heavy (non-hydrogen) atoms. The number of carbonyl (C=O) groups excluding carboxylic acids is 1. The quantitative estimate of drug-likeness (QED) is 0.722. The van der Waals surface area contributed by atoms with Gasteiger partial charge in [0.25, 0.3) is 0 Å². The second-order valence-corrected chi connectivity index (χ2v) is 7.09. The van der Waals surface area contributed by atoms with Crippen LogP contribution in [0.5, 0.6) is 0 Å². The Hall–Kier alpha value is -2.25. The lowest BCUT2D eigenvalue weighted by Crippen LogP contribution is -2.45. The van der Waals surface area contributed by atoms with Gasteiger partial charge in [0.1, 0.15) is 11.1 Å². The van der Waals surface area contributed by atoms with Gasteiger partial charge in [-0.1, -0.05) is 0 Å². The number of fused-ring (bicyclic) bond motifs is 1. The third kappa shape index (κ3) is 4.11. The van der Waals surface area contributed by atoms with Crippen molar-refractivity contribution in [3.05, 3.63) is 30.6 Å². The molecule has 1 amide bonds. The Kier molecular flexibility index (Phi) is 5.68. The highest BCUT2D eigenvalue weighted by Crippen LogP contribution is 2.31. The van der Waals surface area contributed by atoms with Crippen LogP contribution in [-0.4, -0.2) is 64.7 Å². The topological polar surface area (TPSA) is 95.6 Å². The zero-order valence-corrected chi connectivity index (χ0v) is 15.3. The van der Waals surface area contributed by atoms with E-state index in [2.05, 4.69) is 14.9 Å². The molecule has 2 aromatic heterocycles. The Morgan fingerprint density at radius 3 is 3.00 bits per heavy atom. The third-order valence-corrected chi connectivity index (χ3v) is 4.95. The number of unbranched alkanes of at least 4 members (excludes halogenated alkanes) is 1. The standard InChI is InChI=1S/C19H27N5O2/c1-23(17(25)6-2-3-9-20)13-19(26)8-12-24(14-19)16-7-11-21-15-5-4-10-22-18(15)16/h4-5,7,10-11,26H,2-3,6,8-9,12-14,20H2,1H3/t19-/m0/s1. The molecule has 7 heteroatoms. The number of hydrogen-bond donors (Lipinski definition) is 2. The van der Waals surface area contributed by atoms with E-state index in [1.165, 1.54) is 0 Å². The second-order valence-electron chi connectivity index (χ2n) is 7.09. The van der Waals surface area contributed by atoms with Gasteiger partial charge < -0.3 is 20.6 Å². The van der Waals surface area contributed by atoms with E-state index in [0.29, 0.717) is 32.5 Å². The van der Waals surface area contributed by atoms with Crippen molar-refractivity contribution < 1.29 is 9.90 Å². The predicted molar refractivity (Wildman–Crippen MR) is 102 cm³/mol. The number of nitrogens with two attached hydrogens (primary N) is 1. The van der Waals surface area contributed by atoms with E-state index in [0.717, 1.165) is 36.1 Å². The van der Waals surface area contributed by atoms with Crippen LogP contribution >= 0.6 is 0 Å². The minimum absolute atomic E-state index is 0.0568. The molecule has 0 radical (unpaired) electrons. The molecule has 1 saturated heterocycles. The molecule has 0 aliphatic carbocycles. The molecule has 0 saturated carbocycles. The van der Waals surface area contributed by atoms with Gasteiger partial charge in [-0.15, -0.1) is 0 Å². The maximum Gasteiger partial charge on any atom is 0.222 e. The summed E-state index contributed by atoms with van der Waals surface area (Å²) in [6.07, 6.45) is 6.25. The lowest BCUT2D eigenvalue weighted by Gasteiger charge is -2.29. The van der Waals surface area contributed by atoms with Gasteiger partial charge >= 0.3 is 0 Å². The SMILES string of the molecule is CN(C[C@@]1(O)CCN(c2ccnc3cccnc23)C1)C(=O)CCCCN. The second kappa shape index (κ2) is 7.97. The van der Waals surface area contributed by atoms with Gasteiger partial charge in [0.15, 0.2) is 0 Å². The predicted octanol–water partition coefficient (Wildman–Crippen LogP) is 1.16. The molecule has 3 rings (SSSR count). The first-order valence-corrected chi connectivity index (χ1v) is 9.13. The highest BCUT2D eigenvalue weighted by atomic mass is 16.3. The first-order valence-electron chi connectivity index (χ1n) is 9.13. The molecule has 0 bridgehead atoms. The summed E-state index contributed by atoms with van der Waals surface area (Å²) in [6.45, 7) is 2.13. The summed E-state index contributed by atoms with van der Waals surface area (Å²) in [6, 6.07) is 5.73. The largest absolute Gasteiger partial charge is 0.386 e. The Labute approximate surface area is 153 Å². The molecule has 7 nitrogen and oxygen atoms in total. The van der Waals surface area contributed by atoms with Crippen LogP contribution in [0.25, 0.3) is 11.0 Å². The van der Waals surface area contributed by atoms with E-state index < -0.39 is 5.60 Å². The highest BCUT2D eigenvalue weighted by Gasteiger charge is 2.38. The van der Waals surface area contributed by atoms with Crippen LogP contribution in [0.4, 0.5) is 5.69 Å². The molecule has 2 aromatic rings. The van der Waals surface area contributed by atoms with Crippen LogP contribution < -0.4 is 10.6 Å². The average Bonchev–Trinajstić information content (AvgIpc) is 3.03. The molecular weight excluding hydrogens is 330 g/mol. The van der Waals surface area contributed by atoms with E-state index >= 15 is 0 Å². The van der Waals surface area contributed by atoms with Gasteiger partial charge in [-0.05, 0) is 44.0 Å². The van der Waals surface area contributed by atoms with Crippen molar-refractivity contribution in [3.63, 3.8) is 0 Å². The third-order valence-electron chi connectivity index (χ3n) is 4.95. The van der Waals surface area contributed by atoms with Crippen LogP contribution in [0.15, 0.2) is 30.6 Å². The first kappa shape index (κ1) is 18.5. The van der Waals surface area contributed by atoms with Crippen LogP contribution in [0.2, 0.25) is 0 Å². The Bertz CT molecular complexity index is 763. The first-order chi connectivity index (χ1) is 12.5. The number of amides is 1. The monoisotopic (exact) mass is 357 g/mol. The summed E-state index contributed by atoms with van der Waals surface area (Å²) in [7, 11) is 1.76. The Balaban J connectivity index is 1.66. The molecule has 1 fully saturated rings. The fourth-order valence-corrected chi connectivity index (χ4v) is 3.55. The van der Waals surface area contributed by atoms with Crippen molar-refractivity contribution in [1.29, 1.82) is 0 Å². The van der Waals surface area contributed by atoms with Gasteiger partial charge in [0, 0.05) is 39.0 Å². The number of nitrogens with zero attached hydrogens (tertiary/aromatic N) is 4. The normalized spacial score (nSPS) is 19.9. The van der Waals surface area contributed by atoms with E-state index in [-0.39, 0.29) is 5.91 Å². The fraction of sp³-hybridized carbons (Fsp3) is 0.526. The number of likely N-dealkylation sites (N-methyl/N-ethyl adjacent to an activating group) is 1. The minimum Gasteiger partial charge on any atom is -0.386 e. The number of carbonyl (C=O) groups is 1. The Morgan fingerprint density at radius 2 is 2.19 bits per heavy atom. The maximum absolute atomic E-state index is 12.2. The number of anilines is 1. The molecule has 1 aliphatic rings. The van der Waals surface area contributed by atoms with Crippen LogP contribution in [0.1, 0.15) is 25.7 Å². The zero-order valence-electron chi connectivity index (χ0n) is 15.3. The summed E-state index contributed by atoms with van der Waals surface area (Å²) in [5, 5.41) is 11.0. The molecule has 3 heterocycles. The Morgan fingerprint density at radius 1 is 1.35 bits per heavy atom. The average molecular weight is 357 g/mol. The molecular formula is C19H27N5O2. The molecule has 3 N–H and O–H groups in total. The maximum atomic E-state index is 12.2. The van der Waals surface area contributed by atoms with Crippen molar-refractivity contribution in [2.75, 3.05) is 38.1 Å². The highest BCUT2D eigenvalue weighted by molar-refractivity contribution is 5.87. The van der Waals surface area contributed by atoms with Gasteiger partial charge in [-0.2, -0.15) is 0 Å². The number of hydrogen-bond acceptors (Lipinski definition) is 6. The van der Waals surface area contributed by atoms with E-state index in [4.69, 9.17) is 5.73 Å². The molecule has 0 aromatic carbocycles. The summed E-state index contributed by atoms with van der Waals surface area (Å²) in [5.41, 5.74) is 7.21. The lowest BCUT2D eigenvalue weighted by atomic mass is 10.0. The van der Waals surface area contributed by atoms with Gasteiger partial charge in [-0.3, -0.25) is 14.8 Å². The van der Waals surface area contributed by atoms with Crippen molar-refractivity contribution in [2.45, 2.75) is 31.3 Å². The van der Waals surface area contributed by atoms with Crippen LogP contribution in [0, 0.1) is 0 Å². The van der Waals surface area contributed by atoms with E-state index in [1.54, 1.807) is 24.3 Å².